The van der Waals surface area contributed by atoms with Gasteiger partial charge in [0.2, 0.25) is 17.6 Å². The molecule has 28 heavy (non-hydrogen) atoms. The first-order valence-electron chi connectivity index (χ1n) is 8.64. The highest BCUT2D eigenvalue weighted by molar-refractivity contribution is 7.08. The van der Waals surface area contributed by atoms with Crippen molar-refractivity contribution in [1.82, 2.24) is 20.1 Å². The van der Waals surface area contributed by atoms with Crippen LogP contribution in [0.5, 0.6) is 11.6 Å². The minimum Gasteiger partial charge on any atom is -0.438 e. The summed E-state index contributed by atoms with van der Waals surface area (Å²) in [7, 11) is 0. The van der Waals surface area contributed by atoms with Gasteiger partial charge in [-0.15, -0.1) is 0 Å². The maximum atomic E-state index is 6.11. The number of para-hydroxylation sites is 1. The molecule has 0 radical (unpaired) electrons. The second-order valence-electron chi connectivity index (χ2n) is 6.14. The van der Waals surface area contributed by atoms with Crippen molar-refractivity contribution in [3.05, 3.63) is 71.2 Å². The van der Waals surface area contributed by atoms with Crippen molar-refractivity contribution in [3.63, 3.8) is 0 Å². The molecule has 0 aliphatic rings. The molecule has 0 aliphatic heterocycles. The molecule has 0 spiro atoms. The van der Waals surface area contributed by atoms with Gasteiger partial charge < -0.3 is 9.26 Å². The highest BCUT2D eigenvalue weighted by Gasteiger charge is 2.12. The van der Waals surface area contributed by atoms with E-state index >= 15 is 0 Å². The van der Waals surface area contributed by atoms with Gasteiger partial charge >= 0.3 is 0 Å². The quantitative estimate of drug-likeness (QED) is 0.405. The van der Waals surface area contributed by atoms with Crippen molar-refractivity contribution >= 4 is 22.2 Å². The Morgan fingerprint density at radius 1 is 0.857 bits per heavy atom. The van der Waals surface area contributed by atoms with Crippen molar-refractivity contribution < 1.29 is 9.26 Å². The number of ether oxygens (including phenoxy) is 1. The van der Waals surface area contributed by atoms with Crippen LogP contribution in [-0.4, -0.2) is 20.1 Å². The number of fused-ring (bicyclic) bond motifs is 1. The predicted octanol–water partition coefficient (Wildman–Crippen LogP) is 5.51. The largest absolute Gasteiger partial charge is 0.438 e. The second kappa shape index (κ2) is 6.86. The molecule has 0 atom stereocenters. The molecule has 0 unspecified atom stereocenters. The zero-order valence-corrected chi connectivity index (χ0v) is 15.7. The first-order valence-corrected chi connectivity index (χ1v) is 9.58. The Bertz CT molecular complexity index is 1250. The molecule has 5 rings (SSSR count). The third-order valence-corrected chi connectivity index (χ3v) is 4.89. The van der Waals surface area contributed by atoms with Crippen molar-refractivity contribution in [2.24, 2.45) is 0 Å². The molecule has 6 nitrogen and oxygen atoms in total. The van der Waals surface area contributed by atoms with E-state index in [-0.39, 0.29) is 0 Å². The van der Waals surface area contributed by atoms with Crippen LogP contribution in [0, 0.1) is 6.92 Å². The van der Waals surface area contributed by atoms with Crippen LogP contribution in [0.25, 0.3) is 33.7 Å². The molecule has 0 bridgehead atoms. The lowest BCUT2D eigenvalue weighted by molar-refractivity contribution is 0.394. The molecule has 0 N–H and O–H groups in total. The van der Waals surface area contributed by atoms with Gasteiger partial charge in [0.05, 0.1) is 10.9 Å². The van der Waals surface area contributed by atoms with Gasteiger partial charge in [-0.25, -0.2) is 4.98 Å². The summed E-state index contributed by atoms with van der Waals surface area (Å²) in [5.41, 5.74) is 2.67. The number of rotatable bonds is 4. The Hall–Kier alpha value is -3.58. The van der Waals surface area contributed by atoms with Crippen LogP contribution in [0.15, 0.2) is 69.9 Å². The van der Waals surface area contributed by atoms with Crippen LogP contribution in [0.2, 0.25) is 0 Å². The molecule has 7 heteroatoms. The molecule has 0 saturated carbocycles. The van der Waals surface area contributed by atoms with E-state index in [0.717, 1.165) is 22.0 Å². The molecular formula is C21H14N4O2S. The molecule has 5 aromatic rings. The molecule has 0 amide bonds. The van der Waals surface area contributed by atoms with E-state index in [0.29, 0.717) is 29.2 Å². The van der Waals surface area contributed by atoms with E-state index in [1.54, 1.807) is 18.3 Å². The Morgan fingerprint density at radius 3 is 2.46 bits per heavy atom. The van der Waals surface area contributed by atoms with Gasteiger partial charge in [-0.2, -0.15) is 21.3 Å². The Balaban J connectivity index is 1.52. The van der Waals surface area contributed by atoms with Crippen molar-refractivity contribution in [2.45, 2.75) is 6.92 Å². The van der Waals surface area contributed by atoms with Crippen LogP contribution in [0.3, 0.4) is 0 Å². The van der Waals surface area contributed by atoms with Gasteiger partial charge in [-0.3, -0.25) is 0 Å². The molecule has 0 fully saturated rings. The number of benzene rings is 2. The van der Waals surface area contributed by atoms with Crippen LogP contribution in [0.1, 0.15) is 5.89 Å². The lowest BCUT2D eigenvalue weighted by atomic mass is 10.2. The molecule has 136 valence electrons. The number of nitrogens with zero attached hydrogens (tertiary/aromatic N) is 4. The summed E-state index contributed by atoms with van der Waals surface area (Å²) in [5, 5.41) is 8.82. The zero-order valence-electron chi connectivity index (χ0n) is 14.9. The minimum atomic E-state index is 0.523. The Morgan fingerprint density at radius 2 is 1.71 bits per heavy atom. The molecule has 0 aliphatic carbocycles. The van der Waals surface area contributed by atoms with E-state index < -0.39 is 0 Å². The number of thiophene rings is 1. The van der Waals surface area contributed by atoms with Gasteiger partial charge in [0, 0.05) is 23.4 Å². The van der Waals surface area contributed by atoms with Crippen LogP contribution in [0.4, 0.5) is 0 Å². The number of aryl methyl sites for hydroxylation is 1. The molecular weight excluding hydrogens is 372 g/mol. The summed E-state index contributed by atoms with van der Waals surface area (Å²) in [4.78, 5) is 13.6. The van der Waals surface area contributed by atoms with Crippen molar-refractivity contribution in [1.29, 1.82) is 0 Å². The van der Waals surface area contributed by atoms with Crippen molar-refractivity contribution in [2.75, 3.05) is 0 Å². The lowest BCUT2D eigenvalue weighted by Crippen LogP contribution is -1.95. The van der Waals surface area contributed by atoms with E-state index in [9.17, 15) is 0 Å². The first kappa shape index (κ1) is 16.6. The summed E-state index contributed by atoms with van der Waals surface area (Å²) >= 11 is 1.61. The fourth-order valence-electron chi connectivity index (χ4n) is 2.85. The Labute approximate surface area is 164 Å². The van der Waals surface area contributed by atoms with Gasteiger partial charge in [0.1, 0.15) is 5.75 Å². The lowest BCUT2D eigenvalue weighted by Gasteiger charge is -2.10. The average Bonchev–Trinajstić information content (AvgIpc) is 3.40. The first-order chi connectivity index (χ1) is 13.8. The average molecular weight is 386 g/mol. The summed E-state index contributed by atoms with van der Waals surface area (Å²) < 4.78 is 11.1. The van der Waals surface area contributed by atoms with Gasteiger partial charge in [0.15, 0.2) is 5.82 Å². The smallest absolute Gasteiger partial charge is 0.230 e. The van der Waals surface area contributed by atoms with E-state index in [2.05, 4.69) is 20.1 Å². The van der Waals surface area contributed by atoms with E-state index in [4.69, 9.17) is 9.26 Å². The Kier molecular flexibility index (Phi) is 4.06. The minimum absolute atomic E-state index is 0.523. The molecule has 3 heterocycles. The highest BCUT2D eigenvalue weighted by atomic mass is 32.1. The predicted molar refractivity (Wildman–Crippen MR) is 107 cm³/mol. The summed E-state index contributed by atoms with van der Waals surface area (Å²) in [5.74, 6) is 2.92. The standard InChI is InChI=1S/C21H14N4O2S/c1-13-22-20(25-27-13)14-6-8-16(9-7-14)26-21-17-4-2-3-5-18(17)23-19(24-21)15-10-11-28-12-15/h2-12H,1H3. The van der Waals surface area contributed by atoms with Crippen LogP contribution >= 0.6 is 11.3 Å². The summed E-state index contributed by atoms with van der Waals surface area (Å²) in [6.45, 7) is 1.76. The number of hydrogen-bond donors (Lipinski definition) is 0. The maximum absolute atomic E-state index is 6.11. The van der Waals surface area contributed by atoms with Crippen LogP contribution in [-0.2, 0) is 0 Å². The zero-order chi connectivity index (χ0) is 18.9. The van der Waals surface area contributed by atoms with Gasteiger partial charge in [-0.05, 0) is 47.8 Å². The third kappa shape index (κ3) is 3.12. The molecule has 3 aromatic heterocycles. The van der Waals surface area contributed by atoms with E-state index in [1.165, 1.54) is 0 Å². The monoisotopic (exact) mass is 386 g/mol. The normalized spacial score (nSPS) is 11.0. The second-order valence-corrected chi connectivity index (χ2v) is 6.93. The van der Waals surface area contributed by atoms with Gasteiger partial charge in [-0.1, -0.05) is 17.3 Å². The van der Waals surface area contributed by atoms with Crippen molar-refractivity contribution in [3.8, 4) is 34.4 Å². The molecule has 0 saturated heterocycles. The summed E-state index contributed by atoms with van der Waals surface area (Å²) in [6, 6.07) is 17.3. The third-order valence-electron chi connectivity index (χ3n) is 4.20. The number of aromatic nitrogens is 4. The highest BCUT2D eigenvalue weighted by Crippen LogP contribution is 2.31. The topological polar surface area (TPSA) is 73.9 Å². The summed E-state index contributed by atoms with van der Waals surface area (Å²) in [6.07, 6.45) is 0. The SMILES string of the molecule is Cc1nc(-c2ccc(Oc3nc(-c4ccsc4)nc4ccccc34)cc2)no1. The van der Waals surface area contributed by atoms with Gasteiger partial charge in [0.25, 0.3) is 0 Å². The molecule has 2 aromatic carbocycles. The van der Waals surface area contributed by atoms with E-state index in [1.807, 2.05) is 65.4 Å². The number of hydrogen-bond acceptors (Lipinski definition) is 7. The fraction of sp³-hybridized carbons (Fsp3) is 0.0476. The van der Waals surface area contributed by atoms with Crippen LogP contribution < -0.4 is 4.74 Å². The fourth-order valence-corrected chi connectivity index (χ4v) is 3.48. The maximum Gasteiger partial charge on any atom is 0.230 e.